The molecule has 0 amide bonds. The average Bonchev–Trinajstić information content (AvgIpc) is 3.41. The standard InChI is InChI=1S/C29H21BrF2N3O6PS/c30-26-14-19(12-13-22(26)18-42(38,40-31)41-32)17-35-29(33-23-8-2-1-3-9-23)43-27(34-35)20-6-4-10-24(15-20)39-25-11-5-7-21(16-25)28(36)37/h1-16H,17-18H2,(H,36,37). The van der Waals surface area contributed by atoms with Crippen LogP contribution in [-0.2, 0) is 26.7 Å². The largest absolute Gasteiger partial charge is 0.478 e. The van der Waals surface area contributed by atoms with E-state index in [0.717, 1.165) is 16.8 Å². The molecule has 14 heteroatoms. The molecule has 43 heavy (non-hydrogen) atoms. The predicted octanol–water partition coefficient (Wildman–Crippen LogP) is 8.64. The van der Waals surface area contributed by atoms with Gasteiger partial charge in [-0.3, -0.25) is 4.57 Å². The molecule has 1 aromatic heterocycles. The van der Waals surface area contributed by atoms with Crippen molar-refractivity contribution < 1.29 is 37.7 Å². The van der Waals surface area contributed by atoms with Gasteiger partial charge in [-0.15, -0.1) is 9.46 Å². The molecule has 220 valence electrons. The molecule has 1 heterocycles. The molecule has 0 aliphatic rings. The Morgan fingerprint density at radius 1 is 0.953 bits per heavy atom. The Hall–Kier alpha value is -4.00. The van der Waals surface area contributed by atoms with Crippen LogP contribution in [0.15, 0.2) is 107 Å². The average molecular weight is 688 g/mol. The van der Waals surface area contributed by atoms with Crippen LogP contribution in [0.3, 0.4) is 0 Å². The first kappa shape index (κ1) is 30.5. The van der Waals surface area contributed by atoms with Crippen molar-refractivity contribution in [2.24, 2.45) is 4.99 Å². The van der Waals surface area contributed by atoms with Gasteiger partial charge < -0.3 is 9.84 Å². The van der Waals surface area contributed by atoms with E-state index in [9.17, 15) is 23.5 Å². The number of rotatable bonds is 11. The monoisotopic (exact) mass is 687 g/mol. The maximum atomic E-state index is 12.6. The number of hydrogen-bond acceptors (Lipinski definition) is 8. The topological polar surface area (TPSA) is 112 Å². The number of benzene rings is 4. The first-order valence-corrected chi connectivity index (χ1v) is 15.9. The summed E-state index contributed by atoms with van der Waals surface area (Å²) in [4.78, 5) is 16.7. The lowest BCUT2D eigenvalue weighted by atomic mass is 10.1. The van der Waals surface area contributed by atoms with Gasteiger partial charge in [0.15, 0.2) is 0 Å². The Morgan fingerprint density at radius 3 is 2.37 bits per heavy atom. The van der Waals surface area contributed by atoms with Crippen molar-refractivity contribution in [1.29, 1.82) is 0 Å². The molecule has 0 aliphatic heterocycles. The third-order valence-corrected chi connectivity index (χ3v) is 8.91. The normalized spacial score (nSPS) is 11.9. The molecule has 5 aromatic rings. The van der Waals surface area contributed by atoms with E-state index < -0.39 is 19.7 Å². The second-order valence-corrected chi connectivity index (χ2v) is 12.7. The van der Waals surface area contributed by atoms with Crippen LogP contribution < -0.4 is 9.54 Å². The molecule has 1 N–H and O–H groups in total. The zero-order chi connectivity index (χ0) is 30.4. The maximum Gasteiger partial charge on any atom is 0.399 e. The fourth-order valence-corrected chi connectivity index (χ4v) is 6.52. The van der Waals surface area contributed by atoms with Gasteiger partial charge in [0.2, 0.25) is 4.80 Å². The van der Waals surface area contributed by atoms with Crippen molar-refractivity contribution in [1.82, 2.24) is 9.78 Å². The smallest absolute Gasteiger partial charge is 0.399 e. The Balaban J connectivity index is 1.47. The number of aromatic nitrogens is 2. The van der Waals surface area contributed by atoms with E-state index >= 15 is 0 Å². The number of carboxylic acid groups (broad SMARTS) is 1. The number of nitrogens with zero attached hydrogens (tertiary/aromatic N) is 3. The van der Waals surface area contributed by atoms with Crippen molar-refractivity contribution >= 4 is 46.5 Å². The molecule has 0 aliphatic carbocycles. The number of carboxylic acids is 1. The molecule has 0 spiro atoms. The second kappa shape index (κ2) is 13.5. The van der Waals surface area contributed by atoms with E-state index in [1.807, 2.05) is 42.5 Å². The highest BCUT2D eigenvalue weighted by atomic mass is 79.9. The van der Waals surface area contributed by atoms with Crippen molar-refractivity contribution in [3.05, 3.63) is 123 Å². The van der Waals surface area contributed by atoms with Gasteiger partial charge >= 0.3 is 13.6 Å². The van der Waals surface area contributed by atoms with E-state index in [4.69, 9.17) is 14.8 Å². The fourth-order valence-electron chi connectivity index (χ4n) is 4.00. The summed E-state index contributed by atoms with van der Waals surface area (Å²) >= 11 is 4.72. The minimum absolute atomic E-state index is 0.113. The quantitative estimate of drug-likeness (QED) is 0.138. The summed E-state index contributed by atoms with van der Waals surface area (Å²) in [6.45, 7) is 0.288. The molecular formula is C29H21BrF2N3O6PS. The zero-order valence-corrected chi connectivity index (χ0v) is 25.3. The third kappa shape index (κ3) is 7.70. The second-order valence-electron chi connectivity index (χ2n) is 9.09. The molecule has 0 unspecified atom stereocenters. The minimum atomic E-state index is -4.55. The Labute approximate surface area is 256 Å². The van der Waals surface area contributed by atoms with Gasteiger partial charge in [-0.05, 0) is 68.7 Å². The summed E-state index contributed by atoms with van der Waals surface area (Å²) in [5.41, 5.74) is 2.69. The molecule has 9 nitrogen and oxygen atoms in total. The highest BCUT2D eigenvalue weighted by Gasteiger charge is 2.29. The van der Waals surface area contributed by atoms with Crippen molar-refractivity contribution in [2.75, 3.05) is 0 Å². The van der Waals surface area contributed by atoms with Gasteiger partial charge in [0, 0.05) is 10.0 Å². The lowest BCUT2D eigenvalue weighted by molar-refractivity contribution is -0.0881. The molecule has 0 saturated carbocycles. The lowest BCUT2D eigenvalue weighted by Gasteiger charge is -2.10. The van der Waals surface area contributed by atoms with Gasteiger partial charge in [0.25, 0.3) is 0 Å². The number of ether oxygens (including phenoxy) is 1. The molecule has 0 atom stereocenters. The van der Waals surface area contributed by atoms with Crippen LogP contribution in [0.5, 0.6) is 11.5 Å². The van der Waals surface area contributed by atoms with Crippen LogP contribution in [0.4, 0.5) is 14.7 Å². The van der Waals surface area contributed by atoms with Crippen molar-refractivity contribution in [3.63, 3.8) is 0 Å². The van der Waals surface area contributed by atoms with Crippen LogP contribution in [0.2, 0.25) is 0 Å². The summed E-state index contributed by atoms with van der Waals surface area (Å²) in [7, 11) is -4.55. The summed E-state index contributed by atoms with van der Waals surface area (Å²) in [5, 5.41) is 14.7. The third-order valence-electron chi connectivity index (χ3n) is 6.02. The van der Waals surface area contributed by atoms with Gasteiger partial charge in [0.1, 0.15) is 16.5 Å². The van der Waals surface area contributed by atoms with Crippen molar-refractivity contribution in [2.45, 2.75) is 12.7 Å². The maximum absolute atomic E-state index is 12.6. The van der Waals surface area contributed by atoms with Gasteiger partial charge in [0.05, 0.1) is 24.0 Å². The summed E-state index contributed by atoms with van der Waals surface area (Å²) in [6, 6.07) is 27.8. The van der Waals surface area contributed by atoms with E-state index in [2.05, 4.69) is 25.4 Å². The molecule has 0 saturated heterocycles. The molecule has 0 bridgehead atoms. The minimum Gasteiger partial charge on any atom is -0.478 e. The molecule has 4 aromatic carbocycles. The number of carbonyl (C=O) groups is 1. The molecule has 5 rings (SSSR count). The Bertz CT molecular complexity index is 1880. The summed E-state index contributed by atoms with van der Waals surface area (Å²) in [6.07, 6.45) is -0.609. The van der Waals surface area contributed by atoms with Crippen LogP contribution >= 0.6 is 34.9 Å². The van der Waals surface area contributed by atoms with Crippen LogP contribution in [-0.4, -0.2) is 20.9 Å². The Kier molecular flexibility index (Phi) is 9.59. The van der Waals surface area contributed by atoms with Crippen LogP contribution in [0.1, 0.15) is 21.5 Å². The number of halogens is 3. The van der Waals surface area contributed by atoms with E-state index in [1.165, 1.54) is 23.5 Å². The van der Waals surface area contributed by atoms with Gasteiger partial charge in [-0.1, -0.05) is 75.8 Å². The SMILES string of the molecule is O=C(O)c1cccc(Oc2cccc(-c3nn(Cc4ccc(CP(=O)(OF)OF)c(Br)c4)c(=Nc4ccccc4)s3)c2)c1. The predicted molar refractivity (Wildman–Crippen MR) is 160 cm³/mol. The molecule has 0 radical (unpaired) electrons. The van der Waals surface area contributed by atoms with E-state index in [0.29, 0.717) is 31.3 Å². The Morgan fingerprint density at radius 2 is 1.67 bits per heavy atom. The van der Waals surface area contributed by atoms with Gasteiger partial charge in [-0.25, -0.2) is 14.5 Å². The lowest BCUT2D eigenvalue weighted by Crippen LogP contribution is -2.17. The number of para-hydroxylation sites is 1. The highest BCUT2D eigenvalue weighted by molar-refractivity contribution is 9.10. The van der Waals surface area contributed by atoms with E-state index in [1.54, 1.807) is 47.1 Å². The van der Waals surface area contributed by atoms with Crippen LogP contribution in [0.25, 0.3) is 10.6 Å². The molecule has 0 fully saturated rings. The van der Waals surface area contributed by atoms with E-state index in [-0.39, 0.29) is 12.1 Å². The zero-order valence-electron chi connectivity index (χ0n) is 22.0. The number of aromatic carboxylic acids is 1. The van der Waals surface area contributed by atoms with Crippen LogP contribution in [0, 0.1) is 0 Å². The first-order valence-electron chi connectivity index (χ1n) is 12.5. The molecular weight excluding hydrogens is 667 g/mol. The first-order chi connectivity index (χ1) is 20.7. The fraction of sp³-hybridized carbons (Fsp3) is 0.0690. The summed E-state index contributed by atoms with van der Waals surface area (Å²) in [5.74, 6) is -0.173. The summed E-state index contributed by atoms with van der Waals surface area (Å²) < 4.78 is 51.6. The van der Waals surface area contributed by atoms with Crippen molar-refractivity contribution in [3.8, 4) is 22.1 Å². The highest BCUT2D eigenvalue weighted by Crippen LogP contribution is 2.53. The number of hydrogen-bond donors (Lipinski definition) is 1. The van der Waals surface area contributed by atoms with Gasteiger partial charge in [-0.2, -0.15) is 5.10 Å².